The fraction of sp³-hybridized carbons (Fsp3) is 0.500. The number of hydrogen-bond donors (Lipinski definition) is 2. The Bertz CT molecular complexity index is 541. The Kier molecular flexibility index (Phi) is 6.08. The molecule has 2 rings (SSSR count). The zero-order valence-electron chi connectivity index (χ0n) is 13.2. The molecule has 2 N–H and O–H groups in total. The second-order valence-corrected chi connectivity index (χ2v) is 5.28. The van der Waals surface area contributed by atoms with Crippen LogP contribution in [0, 0.1) is 0 Å². The van der Waals surface area contributed by atoms with Crippen LogP contribution in [-0.4, -0.2) is 54.4 Å². The minimum atomic E-state index is -0.873. The highest BCUT2D eigenvalue weighted by Gasteiger charge is 2.22. The Morgan fingerprint density at radius 3 is 2.65 bits per heavy atom. The predicted molar refractivity (Wildman–Crippen MR) is 84.8 cm³/mol. The van der Waals surface area contributed by atoms with Gasteiger partial charge in [-0.2, -0.15) is 0 Å². The van der Waals surface area contributed by atoms with Crippen molar-refractivity contribution in [1.29, 1.82) is 0 Å². The largest absolute Gasteiger partial charge is 0.480 e. The number of carbonyl (C=O) groups excluding carboxylic acids is 1. The third kappa shape index (κ3) is 5.05. The molecular weight excluding hydrogens is 300 g/mol. The number of para-hydroxylation sites is 2. The van der Waals surface area contributed by atoms with Crippen LogP contribution in [0.15, 0.2) is 24.3 Å². The van der Waals surface area contributed by atoms with Crippen molar-refractivity contribution in [1.82, 2.24) is 4.90 Å². The molecule has 7 heteroatoms. The molecule has 1 aromatic rings. The highest BCUT2D eigenvalue weighted by molar-refractivity contribution is 5.71. The van der Waals surface area contributed by atoms with E-state index >= 15 is 0 Å². The first-order chi connectivity index (χ1) is 11.1. The van der Waals surface area contributed by atoms with Crippen LogP contribution in [0.3, 0.4) is 0 Å². The van der Waals surface area contributed by atoms with Gasteiger partial charge in [0.2, 0.25) is 0 Å². The zero-order valence-corrected chi connectivity index (χ0v) is 13.2. The van der Waals surface area contributed by atoms with Crippen LogP contribution in [0.5, 0.6) is 5.75 Å². The number of esters is 1. The maximum Gasteiger partial charge on any atom is 0.407 e. The van der Waals surface area contributed by atoms with E-state index in [9.17, 15) is 9.59 Å². The number of nitrogens with one attached hydrogen (secondary N) is 1. The summed E-state index contributed by atoms with van der Waals surface area (Å²) in [6.45, 7) is 2.96. The molecule has 23 heavy (non-hydrogen) atoms. The lowest BCUT2D eigenvalue weighted by Crippen LogP contribution is -2.41. The molecule has 7 nitrogen and oxygen atoms in total. The van der Waals surface area contributed by atoms with E-state index < -0.39 is 12.1 Å². The van der Waals surface area contributed by atoms with E-state index in [1.165, 1.54) is 4.90 Å². The fourth-order valence-corrected chi connectivity index (χ4v) is 2.49. The van der Waals surface area contributed by atoms with Gasteiger partial charge in [-0.1, -0.05) is 12.1 Å². The first-order valence-electron chi connectivity index (χ1n) is 7.72. The molecule has 1 fully saturated rings. The number of benzene rings is 1. The molecule has 1 aromatic carbocycles. The molecule has 1 saturated heterocycles. The molecule has 126 valence electrons. The minimum absolute atomic E-state index is 0.135. The van der Waals surface area contributed by atoms with Crippen molar-refractivity contribution in [2.24, 2.45) is 0 Å². The first-order valence-corrected chi connectivity index (χ1v) is 7.72. The van der Waals surface area contributed by atoms with Crippen LogP contribution in [0.2, 0.25) is 0 Å². The van der Waals surface area contributed by atoms with Gasteiger partial charge in [0.05, 0.1) is 12.3 Å². The Balaban J connectivity index is 1.90. The number of rotatable bonds is 6. The second-order valence-electron chi connectivity index (χ2n) is 5.28. The highest BCUT2D eigenvalue weighted by atomic mass is 16.6. The molecular formula is C16H22N2O5. The third-order valence-corrected chi connectivity index (χ3v) is 3.66. The summed E-state index contributed by atoms with van der Waals surface area (Å²) >= 11 is 0. The van der Waals surface area contributed by atoms with Crippen LogP contribution < -0.4 is 10.1 Å². The molecule has 1 amide bonds. The summed E-state index contributed by atoms with van der Waals surface area (Å²) < 4.78 is 10.4. The summed E-state index contributed by atoms with van der Waals surface area (Å²) in [5.41, 5.74) is 0.797. The van der Waals surface area contributed by atoms with Crippen molar-refractivity contribution in [3.05, 3.63) is 24.3 Å². The van der Waals surface area contributed by atoms with E-state index in [1.807, 2.05) is 18.2 Å². The standard InChI is InChI=1S/C16H22N2O5/c1-2-22-15(19)11-23-14-6-4-3-5-13(14)17-12-7-9-18(10-8-12)16(20)21/h3-6,12,17H,2,7-11H2,1H3,(H,20,21). The normalized spacial score (nSPS) is 15.1. The van der Waals surface area contributed by atoms with Gasteiger partial charge in [-0.3, -0.25) is 0 Å². The van der Waals surface area contributed by atoms with Gasteiger partial charge in [0.15, 0.2) is 6.61 Å². The van der Waals surface area contributed by atoms with Crippen molar-refractivity contribution in [3.63, 3.8) is 0 Å². The van der Waals surface area contributed by atoms with Crippen molar-refractivity contribution < 1.29 is 24.2 Å². The van der Waals surface area contributed by atoms with Gasteiger partial charge in [0.1, 0.15) is 5.75 Å². The molecule has 0 bridgehead atoms. The average molecular weight is 322 g/mol. The SMILES string of the molecule is CCOC(=O)COc1ccccc1NC1CCN(C(=O)O)CC1. The van der Waals surface area contributed by atoms with Crippen LogP contribution in [0.4, 0.5) is 10.5 Å². The number of nitrogens with zero attached hydrogens (tertiary/aromatic N) is 1. The van der Waals surface area contributed by atoms with Crippen LogP contribution in [-0.2, 0) is 9.53 Å². The predicted octanol–water partition coefficient (Wildman–Crippen LogP) is 2.18. The number of carboxylic acid groups (broad SMARTS) is 1. The number of hydrogen-bond acceptors (Lipinski definition) is 5. The second kappa shape index (κ2) is 8.26. The van der Waals surface area contributed by atoms with E-state index in [0.717, 1.165) is 18.5 Å². The lowest BCUT2D eigenvalue weighted by atomic mass is 10.0. The lowest BCUT2D eigenvalue weighted by molar-refractivity contribution is -0.145. The number of ether oxygens (including phenoxy) is 2. The summed E-state index contributed by atoms with van der Waals surface area (Å²) in [5.74, 6) is 0.179. The van der Waals surface area contributed by atoms with Crippen LogP contribution >= 0.6 is 0 Å². The molecule has 1 aliphatic rings. The van der Waals surface area contributed by atoms with E-state index in [4.69, 9.17) is 14.6 Å². The van der Waals surface area contributed by atoms with Crippen molar-refractivity contribution in [2.75, 3.05) is 31.6 Å². The molecule has 1 heterocycles. The smallest absolute Gasteiger partial charge is 0.407 e. The fourth-order valence-electron chi connectivity index (χ4n) is 2.49. The molecule has 0 atom stereocenters. The monoisotopic (exact) mass is 322 g/mol. The summed E-state index contributed by atoms with van der Waals surface area (Å²) in [6, 6.07) is 7.56. The zero-order chi connectivity index (χ0) is 16.7. The number of carbonyl (C=O) groups is 2. The Morgan fingerprint density at radius 2 is 2.00 bits per heavy atom. The van der Waals surface area contributed by atoms with Gasteiger partial charge < -0.3 is 24.8 Å². The molecule has 0 spiro atoms. The van der Waals surface area contributed by atoms with Gasteiger partial charge in [-0.05, 0) is 31.9 Å². The van der Waals surface area contributed by atoms with E-state index in [2.05, 4.69) is 5.32 Å². The maximum atomic E-state index is 11.4. The first kappa shape index (κ1) is 16.9. The Morgan fingerprint density at radius 1 is 1.30 bits per heavy atom. The summed E-state index contributed by atoms with van der Waals surface area (Å²) in [4.78, 5) is 23.7. The van der Waals surface area contributed by atoms with E-state index in [-0.39, 0.29) is 12.6 Å². The summed E-state index contributed by atoms with van der Waals surface area (Å²) in [5, 5.41) is 12.3. The van der Waals surface area contributed by atoms with E-state index in [0.29, 0.717) is 25.4 Å². The van der Waals surface area contributed by atoms with Gasteiger partial charge in [0, 0.05) is 19.1 Å². The van der Waals surface area contributed by atoms with Gasteiger partial charge >= 0.3 is 12.1 Å². The van der Waals surface area contributed by atoms with Crippen LogP contribution in [0.25, 0.3) is 0 Å². The molecule has 1 aliphatic heterocycles. The van der Waals surface area contributed by atoms with Gasteiger partial charge in [-0.15, -0.1) is 0 Å². The van der Waals surface area contributed by atoms with Crippen molar-refractivity contribution in [3.8, 4) is 5.75 Å². The van der Waals surface area contributed by atoms with E-state index in [1.54, 1.807) is 13.0 Å². The molecule has 0 radical (unpaired) electrons. The van der Waals surface area contributed by atoms with Gasteiger partial charge in [0.25, 0.3) is 0 Å². The summed E-state index contributed by atoms with van der Waals surface area (Å²) in [7, 11) is 0. The highest BCUT2D eigenvalue weighted by Crippen LogP contribution is 2.26. The lowest BCUT2D eigenvalue weighted by Gasteiger charge is -2.31. The van der Waals surface area contributed by atoms with Gasteiger partial charge in [-0.25, -0.2) is 9.59 Å². The molecule has 0 unspecified atom stereocenters. The van der Waals surface area contributed by atoms with Crippen molar-refractivity contribution in [2.45, 2.75) is 25.8 Å². The number of piperidine rings is 1. The average Bonchev–Trinajstić information content (AvgIpc) is 2.55. The Labute approximate surface area is 135 Å². The topological polar surface area (TPSA) is 88.1 Å². The summed E-state index contributed by atoms with van der Waals surface area (Å²) in [6.07, 6.45) is 0.596. The molecule has 0 aromatic heterocycles. The van der Waals surface area contributed by atoms with Crippen molar-refractivity contribution >= 4 is 17.7 Å². The quantitative estimate of drug-likeness (QED) is 0.781. The number of amides is 1. The Hall–Kier alpha value is -2.44. The third-order valence-electron chi connectivity index (χ3n) is 3.66. The number of anilines is 1. The maximum absolute atomic E-state index is 11.4. The molecule has 0 saturated carbocycles. The number of likely N-dealkylation sites (tertiary alicyclic amines) is 1. The van der Waals surface area contributed by atoms with Crippen LogP contribution in [0.1, 0.15) is 19.8 Å². The minimum Gasteiger partial charge on any atom is -0.480 e. The molecule has 0 aliphatic carbocycles.